The van der Waals surface area contributed by atoms with Crippen molar-refractivity contribution < 1.29 is 22.7 Å². The lowest BCUT2D eigenvalue weighted by molar-refractivity contribution is -0.191. The quantitative estimate of drug-likeness (QED) is 0.705. The Morgan fingerprint density at radius 2 is 1.89 bits per heavy atom. The first-order valence-electron chi connectivity index (χ1n) is 9.18. The third-order valence-corrected chi connectivity index (χ3v) is 4.64. The Morgan fingerprint density at radius 1 is 1.15 bits per heavy atom. The topological polar surface area (TPSA) is 41.6 Å². The lowest BCUT2D eigenvalue weighted by Gasteiger charge is -2.29. The number of unbranched alkanes of at least 4 members (excludes halogenated alkanes) is 2. The average molecular weight is 380 g/mol. The van der Waals surface area contributed by atoms with E-state index in [9.17, 15) is 18.0 Å². The second-order valence-electron chi connectivity index (χ2n) is 6.75. The predicted octanol–water partition coefficient (Wildman–Crippen LogP) is 4.75. The van der Waals surface area contributed by atoms with E-state index in [2.05, 4.69) is 12.3 Å². The van der Waals surface area contributed by atoms with Gasteiger partial charge in [-0.2, -0.15) is 13.2 Å². The molecule has 0 saturated carbocycles. The number of amides is 1. The van der Waals surface area contributed by atoms with Gasteiger partial charge in [-0.1, -0.05) is 38.0 Å². The number of alkyl halides is 3. The molecule has 0 aliphatic carbocycles. The smallest absolute Gasteiger partial charge is 0.409 e. The van der Waals surface area contributed by atoms with Crippen LogP contribution in [0.5, 0.6) is 5.75 Å². The molecule has 0 aromatic heterocycles. The fourth-order valence-corrected chi connectivity index (χ4v) is 3.28. The molecule has 0 unspecified atom stereocenters. The van der Waals surface area contributed by atoms with Crippen LogP contribution in [0.4, 0.5) is 13.2 Å². The Morgan fingerprint density at radius 3 is 2.56 bits per heavy atom. The third-order valence-electron chi connectivity index (χ3n) is 4.64. The molecular weight excluding hydrogens is 357 g/mol. The van der Waals surface area contributed by atoms with Gasteiger partial charge in [-0.25, -0.2) is 5.01 Å². The highest BCUT2D eigenvalue weighted by molar-refractivity contribution is 5.84. The van der Waals surface area contributed by atoms with Gasteiger partial charge in [0.2, 0.25) is 5.91 Å². The average Bonchev–Trinajstić information content (AvgIpc) is 3.03. The first-order chi connectivity index (χ1) is 12.9. The predicted molar refractivity (Wildman–Crippen MR) is 97.2 cm³/mol. The third kappa shape index (κ3) is 4.71. The van der Waals surface area contributed by atoms with E-state index in [1.54, 1.807) is 18.2 Å². The first-order valence-corrected chi connectivity index (χ1v) is 9.18. The van der Waals surface area contributed by atoms with Crippen LogP contribution in [0.3, 0.4) is 0 Å². The zero-order valence-corrected chi connectivity index (χ0v) is 15.2. The molecule has 0 radical (unpaired) electrons. The number of halogens is 3. The summed E-state index contributed by atoms with van der Waals surface area (Å²) in [7, 11) is 0. The fourth-order valence-electron chi connectivity index (χ4n) is 3.28. The van der Waals surface area contributed by atoms with E-state index in [1.807, 2.05) is 6.07 Å². The molecule has 1 saturated heterocycles. The van der Waals surface area contributed by atoms with Crippen LogP contribution in [-0.2, 0) is 4.79 Å². The summed E-state index contributed by atoms with van der Waals surface area (Å²) in [4.78, 5) is 11.4. The Balaban J connectivity index is 1.83. The van der Waals surface area contributed by atoms with E-state index in [1.165, 1.54) is 12.1 Å². The standard InChI is InChI=1S/C20H23F3N2O2/c1-2-3-4-11-27-17-8-7-14-12-16(6-5-15(14)13-17)19(20(21,22)23)25-10-9-18(26)24-25/h5-8,12-13,19H,2-4,9-11H2,1H3,(H,24,26)/t19-/m0/s1. The van der Waals surface area contributed by atoms with Crippen LogP contribution in [0, 0.1) is 0 Å². The molecule has 146 valence electrons. The number of benzene rings is 2. The van der Waals surface area contributed by atoms with Crippen LogP contribution in [-0.4, -0.2) is 30.2 Å². The monoisotopic (exact) mass is 380 g/mol. The van der Waals surface area contributed by atoms with Gasteiger partial charge in [0.1, 0.15) is 11.8 Å². The second-order valence-corrected chi connectivity index (χ2v) is 6.75. The van der Waals surface area contributed by atoms with Gasteiger partial charge >= 0.3 is 6.18 Å². The van der Waals surface area contributed by atoms with Crippen LogP contribution >= 0.6 is 0 Å². The Hall–Kier alpha value is -2.28. The molecule has 1 amide bonds. The minimum Gasteiger partial charge on any atom is -0.494 e. The van der Waals surface area contributed by atoms with Gasteiger partial charge in [0.05, 0.1) is 6.61 Å². The van der Waals surface area contributed by atoms with Crippen molar-refractivity contribution >= 4 is 16.7 Å². The maximum atomic E-state index is 13.6. The number of carbonyl (C=O) groups is 1. The fraction of sp³-hybridized carbons (Fsp3) is 0.450. The molecule has 3 rings (SSSR count). The Kier molecular flexibility index (Phi) is 5.89. The van der Waals surface area contributed by atoms with Crippen molar-refractivity contribution in [2.24, 2.45) is 0 Å². The highest BCUT2D eigenvalue weighted by atomic mass is 19.4. The summed E-state index contributed by atoms with van der Waals surface area (Å²) >= 11 is 0. The molecule has 27 heavy (non-hydrogen) atoms. The van der Waals surface area contributed by atoms with E-state index in [0.29, 0.717) is 17.7 Å². The normalized spacial score (nSPS) is 16.5. The van der Waals surface area contributed by atoms with Crippen molar-refractivity contribution in [2.75, 3.05) is 13.2 Å². The molecule has 1 N–H and O–H groups in total. The van der Waals surface area contributed by atoms with Crippen LogP contribution in [0.15, 0.2) is 36.4 Å². The van der Waals surface area contributed by atoms with Crippen LogP contribution in [0.1, 0.15) is 44.2 Å². The number of ether oxygens (including phenoxy) is 1. The number of carbonyl (C=O) groups excluding carboxylic acids is 1. The zero-order valence-electron chi connectivity index (χ0n) is 15.2. The summed E-state index contributed by atoms with van der Waals surface area (Å²) in [6.07, 6.45) is -1.24. The SMILES string of the molecule is CCCCCOc1ccc2cc([C@H](N3CCC(=O)N3)C(F)(F)F)ccc2c1. The summed E-state index contributed by atoms with van der Waals surface area (Å²) in [6, 6.07) is 8.18. The van der Waals surface area contributed by atoms with Crippen LogP contribution < -0.4 is 10.2 Å². The van der Waals surface area contributed by atoms with Crippen molar-refractivity contribution in [1.29, 1.82) is 0 Å². The molecule has 7 heteroatoms. The largest absolute Gasteiger partial charge is 0.494 e. The highest BCUT2D eigenvalue weighted by Gasteiger charge is 2.46. The van der Waals surface area contributed by atoms with Crippen LogP contribution in [0.2, 0.25) is 0 Å². The Bertz CT molecular complexity index is 807. The molecule has 0 bridgehead atoms. The van der Waals surface area contributed by atoms with E-state index >= 15 is 0 Å². The number of hydrogen-bond donors (Lipinski definition) is 1. The van der Waals surface area contributed by atoms with Gasteiger partial charge in [-0.15, -0.1) is 0 Å². The van der Waals surface area contributed by atoms with Crippen LogP contribution in [0.25, 0.3) is 10.8 Å². The van der Waals surface area contributed by atoms with Gasteiger partial charge in [-0.05, 0) is 41.0 Å². The highest BCUT2D eigenvalue weighted by Crippen LogP contribution is 2.39. The molecule has 2 aromatic carbocycles. The number of nitrogens with one attached hydrogen (secondary N) is 1. The van der Waals surface area contributed by atoms with Gasteiger partial charge in [0.25, 0.3) is 0 Å². The van der Waals surface area contributed by atoms with Crippen molar-refractivity contribution in [1.82, 2.24) is 10.4 Å². The zero-order chi connectivity index (χ0) is 19.4. The van der Waals surface area contributed by atoms with Crippen molar-refractivity contribution in [3.8, 4) is 5.75 Å². The van der Waals surface area contributed by atoms with Gasteiger partial charge in [0, 0.05) is 13.0 Å². The molecule has 0 spiro atoms. The van der Waals surface area contributed by atoms with Crippen molar-refractivity contribution in [3.05, 3.63) is 42.0 Å². The molecule has 4 nitrogen and oxygen atoms in total. The number of nitrogens with zero attached hydrogens (tertiary/aromatic N) is 1. The molecule has 1 aliphatic heterocycles. The molecule has 1 aliphatic rings. The van der Waals surface area contributed by atoms with E-state index < -0.39 is 18.1 Å². The molecule has 1 heterocycles. The molecular formula is C20H23F3N2O2. The summed E-state index contributed by atoms with van der Waals surface area (Å²) in [6.45, 7) is 2.78. The van der Waals surface area contributed by atoms with Gasteiger partial charge in [0.15, 0.2) is 0 Å². The van der Waals surface area contributed by atoms with Crippen molar-refractivity contribution in [2.45, 2.75) is 44.8 Å². The lowest BCUT2D eigenvalue weighted by atomic mass is 10.0. The maximum absolute atomic E-state index is 13.6. The maximum Gasteiger partial charge on any atom is 0.409 e. The van der Waals surface area contributed by atoms with E-state index in [-0.39, 0.29) is 18.5 Å². The molecule has 2 aromatic rings. The summed E-state index contributed by atoms with van der Waals surface area (Å²) in [5.74, 6) is 0.320. The van der Waals surface area contributed by atoms with E-state index in [0.717, 1.165) is 29.7 Å². The minimum atomic E-state index is -4.49. The number of fused-ring (bicyclic) bond motifs is 1. The van der Waals surface area contributed by atoms with Gasteiger partial charge < -0.3 is 4.74 Å². The molecule has 1 atom stereocenters. The number of hydrogen-bond acceptors (Lipinski definition) is 3. The summed E-state index contributed by atoms with van der Waals surface area (Å²) in [5, 5.41) is 2.49. The summed E-state index contributed by atoms with van der Waals surface area (Å²) < 4.78 is 46.6. The Labute approximate surface area is 156 Å². The summed E-state index contributed by atoms with van der Waals surface area (Å²) in [5.41, 5.74) is 2.41. The number of hydrazine groups is 1. The second kappa shape index (κ2) is 8.17. The van der Waals surface area contributed by atoms with Gasteiger partial charge in [-0.3, -0.25) is 10.2 Å². The number of rotatable bonds is 7. The minimum absolute atomic E-state index is 0.0333. The first kappa shape index (κ1) is 19.5. The lowest BCUT2D eigenvalue weighted by Crippen LogP contribution is -2.43. The van der Waals surface area contributed by atoms with E-state index in [4.69, 9.17) is 4.74 Å². The molecule has 1 fully saturated rings. The van der Waals surface area contributed by atoms with Crippen molar-refractivity contribution in [3.63, 3.8) is 0 Å².